The van der Waals surface area contributed by atoms with E-state index >= 15 is 0 Å². The molecule has 7 nitrogen and oxygen atoms in total. The van der Waals surface area contributed by atoms with Gasteiger partial charge in [0, 0.05) is 16.7 Å². The maximum atomic E-state index is 12.8. The number of hydrogen-bond acceptors (Lipinski definition) is 7. The highest BCUT2D eigenvalue weighted by atomic mass is 35.5. The Morgan fingerprint density at radius 3 is 2.37 bits per heavy atom. The predicted molar refractivity (Wildman–Crippen MR) is 164 cm³/mol. The second kappa shape index (κ2) is 12.9. The highest BCUT2D eigenvalue weighted by molar-refractivity contribution is 6.30. The normalized spacial score (nSPS) is 14.7. The van der Waals surface area contributed by atoms with Crippen molar-refractivity contribution in [1.29, 1.82) is 5.26 Å². The van der Waals surface area contributed by atoms with Gasteiger partial charge in [-0.3, -0.25) is 0 Å². The summed E-state index contributed by atoms with van der Waals surface area (Å²) in [5.74, 6) is 1.17. The van der Waals surface area contributed by atoms with Crippen LogP contribution in [0.25, 0.3) is 0 Å². The monoisotopic (exact) mass is 594 g/mol. The predicted octanol–water partition coefficient (Wildman–Crippen LogP) is 7.63. The Balaban J connectivity index is 1.32. The smallest absolute Gasteiger partial charge is 0.352 e. The molecule has 0 spiro atoms. The molecule has 218 valence electrons. The molecule has 0 amide bonds. The molecule has 0 aliphatic carbocycles. The summed E-state index contributed by atoms with van der Waals surface area (Å²) >= 11 is 5.98. The van der Waals surface area contributed by atoms with Crippen LogP contribution in [0.15, 0.2) is 102 Å². The van der Waals surface area contributed by atoms with Crippen LogP contribution in [0.4, 0.5) is 0 Å². The Bertz CT molecular complexity index is 1690. The van der Waals surface area contributed by atoms with Crippen LogP contribution in [0, 0.1) is 11.3 Å². The number of rotatable bonds is 9. The van der Waals surface area contributed by atoms with Crippen molar-refractivity contribution in [3.8, 4) is 29.1 Å². The average Bonchev–Trinajstić information content (AvgIpc) is 3.00. The summed E-state index contributed by atoms with van der Waals surface area (Å²) in [5.41, 5.74) is 10.1. The third-order valence-electron chi connectivity index (χ3n) is 7.11. The largest absolute Gasteiger partial charge is 0.489 e. The molecule has 2 N–H and O–H groups in total. The van der Waals surface area contributed by atoms with Gasteiger partial charge in [-0.15, -0.1) is 0 Å². The van der Waals surface area contributed by atoms with Crippen LogP contribution in [-0.4, -0.2) is 12.1 Å². The van der Waals surface area contributed by atoms with Gasteiger partial charge in [0.25, 0.3) is 0 Å². The number of carbonyl (C=O) groups is 1. The minimum atomic E-state index is -0.847. The SMILES string of the molecule is CC(Oc1ccc(C(C)C)cc1)C(=O)Oc1ccc2c(c1)OC(N)=C(C#N)C2c1cccc(OCc2ccc(Cl)cc2)c1. The minimum Gasteiger partial charge on any atom is -0.489 e. The van der Waals surface area contributed by atoms with Gasteiger partial charge in [0.2, 0.25) is 5.88 Å². The number of hydrogen-bond donors (Lipinski definition) is 1. The Morgan fingerprint density at radius 2 is 1.67 bits per heavy atom. The number of nitrogens with zero attached hydrogens (tertiary/aromatic N) is 1. The van der Waals surface area contributed by atoms with E-state index in [0.29, 0.717) is 40.4 Å². The number of nitrogens with two attached hydrogens (primary N) is 1. The zero-order valence-corrected chi connectivity index (χ0v) is 24.8. The van der Waals surface area contributed by atoms with Crippen molar-refractivity contribution in [2.45, 2.75) is 45.3 Å². The van der Waals surface area contributed by atoms with Crippen molar-refractivity contribution in [3.05, 3.63) is 130 Å². The number of benzene rings is 4. The molecule has 8 heteroatoms. The maximum Gasteiger partial charge on any atom is 0.352 e. The first-order valence-corrected chi connectivity index (χ1v) is 14.3. The highest BCUT2D eigenvalue weighted by Crippen LogP contribution is 2.44. The summed E-state index contributed by atoms with van der Waals surface area (Å²) in [7, 11) is 0. The molecular formula is C35H31ClN2O5. The Kier molecular flexibility index (Phi) is 8.89. The van der Waals surface area contributed by atoms with Gasteiger partial charge in [0.05, 0.1) is 5.92 Å². The van der Waals surface area contributed by atoms with E-state index in [-0.39, 0.29) is 17.2 Å². The molecular weight excluding hydrogens is 564 g/mol. The van der Waals surface area contributed by atoms with Crippen LogP contribution in [0.2, 0.25) is 5.02 Å². The Morgan fingerprint density at radius 1 is 0.953 bits per heavy atom. The van der Waals surface area contributed by atoms with E-state index in [1.54, 1.807) is 25.1 Å². The van der Waals surface area contributed by atoms with Gasteiger partial charge in [0.1, 0.15) is 41.2 Å². The first-order valence-electron chi connectivity index (χ1n) is 13.9. The van der Waals surface area contributed by atoms with Gasteiger partial charge in [-0.05, 0) is 72.0 Å². The number of fused-ring (bicyclic) bond motifs is 1. The lowest BCUT2D eigenvalue weighted by Crippen LogP contribution is -2.28. The lowest BCUT2D eigenvalue weighted by Gasteiger charge is -2.27. The molecule has 4 aromatic rings. The zero-order chi connectivity index (χ0) is 30.5. The van der Waals surface area contributed by atoms with Crippen LogP contribution in [0.3, 0.4) is 0 Å². The molecule has 0 saturated heterocycles. The molecule has 0 aromatic heterocycles. The van der Waals surface area contributed by atoms with Crippen molar-refractivity contribution >= 4 is 17.6 Å². The van der Waals surface area contributed by atoms with Crippen molar-refractivity contribution in [2.24, 2.45) is 5.73 Å². The van der Waals surface area contributed by atoms with Crippen LogP contribution >= 0.6 is 11.6 Å². The fraction of sp³-hybridized carbons (Fsp3) is 0.200. The van der Waals surface area contributed by atoms with E-state index in [0.717, 1.165) is 11.1 Å². The van der Waals surface area contributed by atoms with Crippen molar-refractivity contribution in [2.75, 3.05) is 0 Å². The van der Waals surface area contributed by atoms with Crippen molar-refractivity contribution < 1.29 is 23.7 Å². The Labute approximate surface area is 256 Å². The van der Waals surface area contributed by atoms with Gasteiger partial charge in [-0.2, -0.15) is 5.26 Å². The molecule has 2 unspecified atom stereocenters. The Hall–Kier alpha value is -4.93. The van der Waals surface area contributed by atoms with Gasteiger partial charge in [0.15, 0.2) is 6.10 Å². The first-order chi connectivity index (χ1) is 20.7. The third-order valence-corrected chi connectivity index (χ3v) is 7.36. The van der Waals surface area contributed by atoms with Gasteiger partial charge < -0.3 is 24.7 Å². The van der Waals surface area contributed by atoms with Crippen molar-refractivity contribution in [1.82, 2.24) is 0 Å². The molecule has 0 saturated carbocycles. The standard InChI is InChI=1S/C35H31ClN2O5/c1-21(2)24-9-13-27(14-10-24)41-22(3)35(39)42-29-15-16-30-32(18-29)43-34(38)31(19-37)33(30)25-5-4-6-28(17-25)40-20-23-7-11-26(36)12-8-23/h4-18,21-22,33H,20,38H2,1-3H3. The lowest BCUT2D eigenvalue weighted by molar-refractivity contribution is -0.141. The van der Waals surface area contributed by atoms with E-state index in [1.807, 2.05) is 72.8 Å². The second-order valence-corrected chi connectivity index (χ2v) is 11.0. The summed E-state index contributed by atoms with van der Waals surface area (Å²) in [6.07, 6.45) is -0.847. The van der Waals surface area contributed by atoms with Crippen LogP contribution < -0.4 is 24.7 Å². The molecule has 5 rings (SSSR count). The molecule has 4 aromatic carbocycles. The number of allylic oxidation sites excluding steroid dienone is 1. The van der Waals surface area contributed by atoms with Gasteiger partial charge in [-0.25, -0.2) is 4.79 Å². The summed E-state index contributed by atoms with van der Waals surface area (Å²) in [6.45, 7) is 6.21. The van der Waals surface area contributed by atoms with Crippen LogP contribution in [0.1, 0.15) is 54.9 Å². The summed E-state index contributed by atoms with van der Waals surface area (Å²) < 4.78 is 23.2. The molecule has 1 aliphatic heterocycles. The molecule has 0 fully saturated rings. The van der Waals surface area contributed by atoms with Crippen LogP contribution in [-0.2, 0) is 11.4 Å². The van der Waals surface area contributed by atoms with Crippen LogP contribution in [0.5, 0.6) is 23.0 Å². The maximum absolute atomic E-state index is 12.8. The lowest BCUT2D eigenvalue weighted by atomic mass is 9.83. The number of carbonyl (C=O) groups excluding carboxylic acids is 1. The fourth-order valence-electron chi connectivity index (χ4n) is 4.76. The third kappa shape index (κ3) is 6.94. The zero-order valence-electron chi connectivity index (χ0n) is 24.0. The molecule has 0 bridgehead atoms. The van der Waals surface area contributed by atoms with E-state index in [2.05, 4.69) is 19.9 Å². The number of esters is 1. The van der Waals surface area contributed by atoms with Crippen molar-refractivity contribution in [3.63, 3.8) is 0 Å². The highest BCUT2D eigenvalue weighted by Gasteiger charge is 2.31. The quantitative estimate of drug-likeness (QED) is 0.157. The summed E-state index contributed by atoms with van der Waals surface area (Å²) in [6, 6.07) is 29.8. The fourth-order valence-corrected chi connectivity index (χ4v) is 4.88. The van der Waals surface area contributed by atoms with E-state index in [9.17, 15) is 10.1 Å². The molecule has 1 heterocycles. The van der Waals surface area contributed by atoms with Gasteiger partial charge in [-0.1, -0.05) is 67.9 Å². The molecule has 1 aliphatic rings. The number of ether oxygens (including phenoxy) is 4. The summed E-state index contributed by atoms with van der Waals surface area (Å²) in [4.78, 5) is 12.8. The number of nitriles is 1. The second-order valence-electron chi connectivity index (χ2n) is 10.5. The van der Waals surface area contributed by atoms with E-state index in [1.165, 1.54) is 5.56 Å². The van der Waals surface area contributed by atoms with Gasteiger partial charge >= 0.3 is 5.97 Å². The first kappa shape index (κ1) is 29.6. The molecule has 0 radical (unpaired) electrons. The van der Waals surface area contributed by atoms with E-state index in [4.69, 9.17) is 36.3 Å². The number of halogens is 1. The summed E-state index contributed by atoms with van der Waals surface area (Å²) in [5, 5.41) is 10.6. The molecule has 43 heavy (non-hydrogen) atoms. The topological polar surface area (TPSA) is 104 Å². The minimum absolute atomic E-state index is 0.0162. The van der Waals surface area contributed by atoms with E-state index < -0.39 is 18.0 Å². The average molecular weight is 595 g/mol. The molecule has 2 atom stereocenters.